The average Bonchev–Trinajstić information content (AvgIpc) is 3.04. The van der Waals surface area contributed by atoms with Gasteiger partial charge in [-0.1, -0.05) is 44.2 Å². The first-order chi connectivity index (χ1) is 10.8. The van der Waals surface area contributed by atoms with E-state index in [1.807, 2.05) is 7.11 Å². The van der Waals surface area contributed by atoms with Gasteiger partial charge in [0.05, 0.1) is 11.6 Å². The quantitative estimate of drug-likeness (QED) is 0.670. The molecule has 3 nitrogen and oxygen atoms in total. The van der Waals surface area contributed by atoms with Gasteiger partial charge in [0.1, 0.15) is 0 Å². The lowest BCUT2D eigenvalue weighted by molar-refractivity contribution is -0.0731. The van der Waals surface area contributed by atoms with Gasteiger partial charge in [-0.05, 0) is 44.1 Å². The molecule has 1 aromatic carbocycles. The highest BCUT2D eigenvalue weighted by Crippen LogP contribution is 2.34. The van der Waals surface area contributed by atoms with Crippen molar-refractivity contribution in [1.29, 1.82) is 0 Å². The zero-order valence-corrected chi connectivity index (χ0v) is 14.3. The topological polar surface area (TPSA) is 24.8 Å². The van der Waals surface area contributed by atoms with E-state index in [1.165, 1.54) is 18.4 Å². The third kappa shape index (κ3) is 3.89. The fourth-order valence-corrected chi connectivity index (χ4v) is 3.61. The number of methoxy groups -OCH3 is 1. The molecule has 1 atom stereocenters. The lowest BCUT2D eigenvalue weighted by atomic mass is 9.87. The van der Waals surface area contributed by atoms with Crippen LogP contribution in [0.1, 0.15) is 51.5 Å². The summed E-state index contributed by atoms with van der Waals surface area (Å²) in [5, 5.41) is 7.02. The van der Waals surface area contributed by atoms with Gasteiger partial charge in [-0.2, -0.15) is 5.10 Å². The molecule has 1 aromatic rings. The van der Waals surface area contributed by atoms with Crippen LogP contribution in [0.2, 0.25) is 0 Å². The van der Waals surface area contributed by atoms with Crippen LogP contribution >= 0.6 is 0 Å². The van der Waals surface area contributed by atoms with Crippen LogP contribution in [0.3, 0.4) is 0 Å². The molecule has 0 aliphatic carbocycles. The van der Waals surface area contributed by atoms with Crippen LogP contribution in [0.15, 0.2) is 35.4 Å². The molecular formula is C19H30N2O. The average molecular weight is 302 g/mol. The van der Waals surface area contributed by atoms with Crippen LogP contribution in [-0.4, -0.2) is 36.5 Å². The molecule has 22 heavy (non-hydrogen) atoms. The van der Waals surface area contributed by atoms with Crippen molar-refractivity contribution in [2.75, 3.05) is 13.7 Å². The molecule has 0 saturated carbocycles. The molecule has 122 valence electrons. The van der Waals surface area contributed by atoms with E-state index in [1.54, 1.807) is 0 Å². The fraction of sp³-hybridized carbons (Fsp3) is 0.632. The molecule has 0 spiro atoms. The lowest BCUT2D eigenvalue weighted by Crippen LogP contribution is -2.48. The van der Waals surface area contributed by atoms with E-state index in [0.29, 0.717) is 6.04 Å². The maximum Gasteiger partial charge on any atom is 0.0892 e. The van der Waals surface area contributed by atoms with Gasteiger partial charge in [0, 0.05) is 19.9 Å². The fourth-order valence-electron chi connectivity index (χ4n) is 3.61. The summed E-state index contributed by atoms with van der Waals surface area (Å²) in [7, 11) is 1.85. The van der Waals surface area contributed by atoms with Gasteiger partial charge >= 0.3 is 0 Å². The number of hydrazone groups is 1. The number of hydrogen-bond acceptors (Lipinski definition) is 3. The monoisotopic (exact) mass is 302 g/mol. The van der Waals surface area contributed by atoms with E-state index in [9.17, 15) is 0 Å². The van der Waals surface area contributed by atoms with Crippen molar-refractivity contribution in [3.63, 3.8) is 0 Å². The standard InChI is InChI=1S/C19H30N2O/c1-4-19(5-2,22-3)18-14-10-16-21(18)20-15-9-13-17-11-7-6-8-12-17/h6-8,11-12,15,18H,4-5,9-10,13-14,16H2,1-3H3/b20-15-/t18-/m0/s1. The largest absolute Gasteiger partial charge is 0.376 e. The number of benzene rings is 1. The van der Waals surface area contributed by atoms with Crippen LogP contribution in [0.5, 0.6) is 0 Å². The van der Waals surface area contributed by atoms with Crippen LogP contribution < -0.4 is 0 Å². The zero-order valence-electron chi connectivity index (χ0n) is 14.3. The number of rotatable bonds is 8. The Labute approximate surface area is 135 Å². The summed E-state index contributed by atoms with van der Waals surface area (Å²) in [6, 6.07) is 11.0. The molecule has 0 N–H and O–H groups in total. The molecule has 0 radical (unpaired) electrons. The summed E-state index contributed by atoms with van der Waals surface area (Å²) in [5.74, 6) is 0. The van der Waals surface area contributed by atoms with E-state index in [4.69, 9.17) is 9.84 Å². The third-order valence-electron chi connectivity index (χ3n) is 5.07. The number of aryl methyl sites for hydroxylation is 1. The van der Waals surface area contributed by atoms with Gasteiger partial charge in [0.2, 0.25) is 0 Å². The van der Waals surface area contributed by atoms with Crippen LogP contribution in [0.25, 0.3) is 0 Å². The Bertz CT molecular complexity index is 445. The second-order valence-electron chi connectivity index (χ2n) is 6.12. The van der Waals surface area contributed by atoms with Gasteiger partial charge in [-0.15, -0.1) is 0 Å². The predicted octanol–water partition coefficient (Wildman–Crippen LogP) is 4.27. The first-order valence-electron chi connectivity index (χ1n) is 8.64. The van der Waals surface area contributed by atoms with E-state index in [0.717, 1.165) is 32.2 Å². The molecule has 2 rings (SSSR count). The van der Waals surface area contributed by atoms with E-state index >= 15 is 0 Å². The highest BCUT2D eigenvalue weighted by atomic mass is 16.5. The SMILES string of the molecule is CCC(CC)(OC)[C@@H]1CCCN1/N=C\CCc1ccccc1. The molecule has 0 aromatic heterocycles. The molecular weight excluding hydrogens is 272 g/mol. The first-order valence-corrected chi connectivity index (χ1v) is 8.64. The highest BCUT2D eigenvalue weighted by molar-refractivity contribution is 5.57. The first kappa shape index (κ1) is 17.0. The van der Waals surface area contributed by atoms with Crippen LogP contribution in [-0.2, 0) is 11.2 Å². The molecule has 1 saturated heterocycles. The van der Waals surface area contributed by atoms with E-state index in [2.05, 4.69) is 55.4 Å². The molecule has 1 fully saturated rings. The van der Waals surface area contributed by atoms with Crippen molar-refractivity contribution < 1.29 is 4.74 Å². The number of nitrogens with zero attached hydrogens (tertiary/aromatic N) is 2. The predicted molar refractivity (Wildman–Crippen MR) is 93.3 cm³/mol. The molecule has 0 bridgehead atoms. The minimum Gasteiger partial charge on any atom is -0.376 e. The summed E-state index contributed by atoms with van der Waals surface area (Å²) in [5.41, 5.74) is 1.33. The Hall–Kier alpha value is -1.35. The van der Waals surface area contributed by atoms with E-state index in [-0.39, 0.29) is 5.60 Å². The zero-order chi connectivity index (χ0) is 15.8. The van der Waals surface area contributed by atoms with Crippen LogP contribution in [0, 0.1) is 0 Å². The minimum absolute atomic E-state index is 0.0483. The van der Waals surface area contributed by atoms with Crippen molar-refractivity contribution >= 4 is 6.21 Å². The van der Waals surface area contributed by atoms with Crippen molar-refractivity contribution in [1.82, 2.24) is 5.01 Å². The molecule has 0 unspecified atom stereocenters. The lowest BCUT2D eigenvalue weighted by Gasteiger charge is -2.39. The summed E-state index contributed by atoms with van der Waals surface area (Å²) < 4.78 is 5.91. The Kier molecular flexibility index (Phi) is 6.44. The summed E-state index contributed by atoms with van der Waals surface area (Å²) in [4.78, 5) is 0. The highest BCUT2D eigenvalue weighted by Gasteiger charge is 2.41. The number of ether oxygens (including phenoxy) is 1. The normalized spacial score (nSPS) is 19.2. The van der Waals surface area contributed by atoms with Gasteiger partial charge in [0.15, 0.2) is 0 Å². The second-order valence-corrected chi connectivity index (χ2v) is 6.12. The third-order valence-corrected chi connectivity index (χ3v) is 5.07. The van der Waals surface area contributed by atoms with Gasteiger partial charge in [-0.25, -0.2) is 0 Å². The van der Waals surface area contributed by atoms with Crippen LogP contribution in [0.4, 0.5) is 0 Å². The van der Waals surface area contributed by atoms with E-state index < -0.39 is 0 Å². The molecule has 0 amide bonds. The smallest absolute Gasteiger partial charge is 0.0892 e. The Morgan fingerprint density at radius 2 is 2.00 bits per heavy atom. The van der Waals surface area contributed by atoms with Crippen molar-refractivity contribution in [2.45, 2.75) is 64.0 Å². The molecule has 1 heterocycles. The van der Waals surface area contributed by atoms with Crippen molar-refractivity contribution in [2.24, 2.45) is 5.10 Å². The summed E-state index contributed by atoms with van der Waals surface area (Å²) >= 11 is 0. The van der Waals surface area contributed by atoms with Crippen molar-refractivity contribution in [3.8, 4) is 0 Å². The number of hydrogen-bond donors (Lipinski definition) is 0. The minimum atomic E-state index is -0.0483. The molecule has 3 heteroatoms. The summed E-state index contributed by atoms with van der Waals surface area (Å²) in [6.07, 6.45) is 8.61. The Balaban J connectivity index is 1.92. The van der Waals surface area contributed by atoms with Gasteiger partial charge in [0.25, 0.3) is 0 Å². The van der Waals surface area contributed by atoms with Gasteiger partial charge in [-0.3, -0.25) is 5.01 Å². The van der Waals surface area contributed by atoms with Gasteiger partial charge < -0.3 is 4.74 Å². The molecule has 1 aliphatic heterocycles. The maximum atomic E-state index is 5.91. The second kappa shape index (κ2) is 8.33. The maximum absolute atomic E-state index is 5.91. The molecule has 1 aliphatic rings. The van der Waals surface area contributed by atoms with Crippen molar-refractivity contribution in [3.05, 3.63) is 35.9 Å². The Morgan fingerprint density at radius 1 is 1.27 bits per heavy atom. The Morgan fingerprint density at radius 3 is 2.64 bits per heavy atom. The summed E-state index contributed by atoms with van der Waals surface area (Å²) in [6.45, 7) is 5.50.